The molecule has 17 heavy (non-hydrogen) atoms. The summed E-state index contributed by atoms with van der Waals surface area (Å²) < 4.78 is 0. The Morgan fingerprint density at radius 3 is 2.65 bits per heavy atom. The number of benzene rings is 1. The minimum Gasteiger partial charge on any atom is -0.198 e. The molecule has 0 N–H and O–H groups in total. The smallest absolute Gasteiger partial charge is 0.0667 e. The van der Waals surface area contributed by atoms with Crippen LogP contribution in [-0.4, -0.2) is 5.25 Å². The van der Waals surface area contributed by atoms with E-state index in [9.17, 15) is 0 Å². The van der Waals surface area contributed by atoms with Gasteiger partial charge in [-0.25, -0.2) is 0 Å². The maximum absolute atomic E-state index is 9.11. The summed E-state index contributed by atoms with van der Waals surface area (Å²) in [6.07, 6.45) is 4.76. The summed E-state index contributed by atoms with van der Waals surface area (Å²) in [6, 6.07) is 10.5. The fraction of sp³-hybridized carbons (Fsp3) is 0.500. The molecule has 1 aromatic rings. The van der Waals surface area contributed by atoms with E-state index >= 15 is 0 Å². The van der Waals surface area contributed by atoms with Gasteiger partial charge in [0, 0.05) is 16.0 Å². The van der Waals surface area contributed by atoms with Crippen molar-refractivity contribution in [3.63, 3.8) is 0 Å². The first-order valence-corrected chi connectivity index (χ1v) is 7.48. The van der Waals surface area contributed by atoms with Crippen LogP contribution in [0.5, 0.6) is 0 Å². The molecule has 0 spiro atoms. The Kier molecular flexibility index (Phi) is 4.76. The van der Waals surface area contributed by atoms with Gasteiger partial charge in [-0.15, -0.1) is 0 Å². The van der Waals surface area contributed by atoms with Crippen LogP contribution < -0.4 is 0 Å². The molecular weight excluding hydrogens is 250 g/mol. The van der Waals surface area contributed by atoms with Crippen molar-refractivity contribution in [2.75, 3.05) is 0 Å². The zero-order valence-electron chi connectivity index (χ0n) is 9.73. The molecule has 1 aliphatic rings. The summed E-state index contributed by atoms with van der Waals surface area (Å²) in [6.45, 7) is 0. The van der Waals surface area contributed by atoms with E-state index in [-0.39, 0.29) is 5.92 Å². The molecule has 1 saturated carbocycles. The Balaban J connectivity index is 1.88. The van der Waals surface area contributed by atoms with Gasteiger partial charge in [-0.3, -0.25) is 0 Å². The highest BCUT2D eigenvalue weighted by atomic mass is 35.5. The van der Waals surface area contributed by atoms with E-state index < -0.39 is 0 Å². The molecule has 0 aromatic heterocycles. The zero-order chi connectivity index (χ0) is 12.1. The average molecular weight is 266 g/mol. The summed E-state index contributed by atoms with van der Waals surface area (Å²) in [5.41, 5.74) is 1.29. The van der Waals surface area contributed by atoms with Gasteiger partial charge < -0.3 is 0 Å². The molecule has 1 nitrogen and oxygen atoms in total. The van der Waals surface area contributed by atoms with E-state index in [0.717, 1.165) is 17.2 Å². The van der Waals surface area contributed by atoms with Crippen molar-refractivity contribution < 1.29 is 0 Å². The van der Waals surface area contributed by atoms with E-state index in [1.807, 2.05) is 23.9 Å². The number of hydrogen-bond donors (Lipinski definition) is 0. The van der Waals surface area contributed by atoms with Crippen LogP contribution in [0.2, 0.25) is 5.02 Å². The van der Waals surface area contributed by atoms with Crippen LogP contribution >= 0.6 is 23.4 Å². The highest BCUT2D eigenvalue weighted by molar-refractivity contribution is 7.99. The number of nitrogens with zero attached hydrogens (tertiary/aromatic N) is 1. The van der Waals surface area contributed by atoms with Crippen LogP contribution in [0.4, 0.5) is 0 Å². The van der Waals surface area contributed by atoms with E-state index in [4.69, 9.17) is 16.9 Å². The Morgan fingerprint density at radius 2 is 1.94 bits per heavy atom. The van der Waals surface area contributed by atoms with Crippen LogP contribution in [0.1, 0.15) is 31.2 Å². The quantitative estimate of drug-likeness (QED) is 0.794. The average Bonchev–Trinajstić information content (AvgIpc) is 2.38. The van der Waals surface area contributed by atoms with E-state index in [1.54, 1.807) is 0 Å². The Hall–Kier alpha value is -0.650. The Labute approximate surface area is 112 Å². The second-order valence-electron chi connectivity index (χ2n) is 4.50. The molecule has 0 amide bonds. The number of hydrogen-bond acceptors (Lipinski definition) is 2. The molecule has 0 heterocycles. The van der Waals surface area contributed by atoms with Gasteiger partial charge in [-0.2, -0.15) is 17.0 Å². The molecule has 2 rings (SSSR count). The molecule has 1 fully saturated rings. The predicted molar refractivity (Wildman–Crippen MR) is 74.1 cm³/mol. The minimum atomic E-state index is 0.251. The van der Waals surface area contributed by atoms with Crippen molar-refractivity contribution >= 4 is 23.4 Å². The molecule has 0 radical (unpaired) electrons. The van der Waals surface area contributed by atoms with E-state index in [2.05, 4.69) is 18.2 Å². The standard InChI is InChI=1S/C14H16ClNS/c15-13-7-5-11(6-8-13)10-17-14-4-2-1-3-12(14)9-16/h5-8,12,14H,1-4,10H2. The van der Waals surface area contributed by atoms with Gasteiger partial charge in [-0.1, -0.05) is 36.6 Å². The maximum atomic E-state index is 9.11. The van der Waals surface area contributed by atoms with Crippen molar-refractivity contribution in [1.82, 2.24) is 0 Å². The van der Waals surface area contributed by atoms with Gasteiger partial charge in [-0.05, 0) is 30.5 Å². The fourth-order valence-corrected chi connectivity index (χ4v) is 3.72. The van der Waals surface area contributed by atoms with Crippen LogP contribution in [0.15, 0.2) is 24.3 Å². The van der Waals surface area contributed by atoms with Gasteiger partial charge in [0.1, 0.15) is 0 Å². The largest absolute Gasteiger partial charge is 0.198 e. The third-order valence-electron chi connectivity index (χ3n) is 3.25. The summed E-state index contributed by atoms with van der Waals surface area (Å²) in [4.78, 5) is 0. The highest BCUT2D eigenvalue weighted by Crippen LogP contribution is 2.34. The highest BCUT2D eigenvalue weighted by Gasteiger charge is 2.24. The summed E-state index contributed by atoms with van der Waals surface area (Å²) >= 11 is 7.78. The lowest BCUT2D eigenvalue weighted by molar-refractivity contribution is 0.439. The molecule has 2 atom stereocenters. The third-order valence-corrected chi connectivity index (χ3v) is 4.99. The molecule has 3 heteroatoms. The van der Waals surface area contributed by atoms with Crippen molar-refractivity contribution in [3.8, 4) is 6.07 Å². The topological polar surface area (TPSA) is 23.8 Å². The number of thioether (sulfide) groups is 1. The normalized spacial score (nSPS) is 24.2. The van der Waals surface area contributed by atoms with Gasteiger partial charge in [0.25, 0.3) is 0 Å². The summed E-state index contributed by atoms with van der Waals surface area (Å²) in [5, 5.41) is 10.4. The Bertz CT molecular complexity index is 396. The molecule has 0 aliphatic heterocycles. The van der Waals surface area contributed by atoms with Crippen molar-refractivity contribution in [2.45, 2.75) is 36.7 Å². The monoisotopic (exact) mass is 265 g/mol. The number of rotatable bonds is 3. The molecule has 1 aromatic carbocycles. The zero-order valence-corrected chi connectivity index (χ0v) is 11.3. The molecule has 2 unspecified atom stereocenters. The molecule has 1 aliphatic carbocycles. The van der Waals surface area contributed by atoms with Gasteiger partial charge in [0.05, 0.1) is 12.0 Å². The Morgan fingerprint density at radius 1 is 1.24 bits per heavy atom. The molecule has 0 saturated heterocycles. The first-order chi connectivity index (χ1) is 8.29. The van der Waals surface area contributed by atoms with Crippen LogP contribution in [0, 0.1) is 17.2 Å². The number of halogens is 1. The van der Waals surface area contributed by atoms with Gasteiger partial charge in [0.2, 0.25) is 0 Å². The van der Waals surface area contributed by atoms with Crippen LogP contribution in [0.3, 0.4) is 0 Å². The summed E-state index contributed by atoms with van der Waals surface area (Å²) in [5.74, 6) is 1.24. The maximum Gasteiger partial charge on any atom is 0.0667 e. The predicted octanol–water partition coefficient (Wildman–Crippen LogP) is 4.66. The minimum absolute atomic E-state index is 0.251. The lowest BCUT2D eigenvalue weighted by Crippen LogP contribution is -2.20. The first kappa shape index (κ1) is 12.8. The van der Waals surface area contributed by atoms with Gasteiger partial charge in [0.15, 0.2) is 0 Å². The molecular formula is C14H16ClNS. The third kappa shape index (κ3) is 3.66. The van der Waals surface area contributed by atoms with Crippen LogP contribution in [0.25, 0.3) is 0 Å². The second-order valence-corrected chi connectivity index (χ2v) is 6.16. The lowest BCUT2D eigenvalue weighted by atomic mass is 9.90. The van der Waals surface area contributed by atoms with Crippen molar-refractivity contribution in [1.29, 1.82) is 5.26 Å². The second kappa shape index (κ2) is 6.33. The van der Waals surface area contributed by atoms with Crippen molar-refractivity contribution in [2.24, 2.45) is 5.92 Å². The lowest BCUT2D eigenvalue weighted by Gasteiger charge is -2.26. The molecule has 90 valence electrons. The molecule has 0 bridgehead atoms. The fourth-order valence-electron chi connectivity index (χ4n) is 2.23. The first-order valence-electron chi connectivity index (χ1n) is 6.05. The van der Waals surface area contributed by atoms with Crippen molar-refractivity contribution in [3.05, 3.63) is 34.9 Å². The van der Waals surface area contributed by atoms with Crippen LogP contribution in [-0.2, 0) is 5.75 Å². The SMILES string of the molecule is N#CC1CCCCC1SCc1ccc(Cl)cc1. The summed E-state index contributed by atoms with van der Waals surface area (Å²) in [7, 11) is 0. The van der Waals surface area contributed by atoms with Gasteiger partial charge >= 0.3 is 0 Å². The van der Waals surface area contributed by atoms with E-state index in [0.29, 0.717) is 5.25 Å². The number of nitriles is 1. The van der Waals surface area contributed by atoms with E-state index in [1.165, 1.54) is 24.8 Å².